The van der Waals surface area contributed by atoms with Gasteiger partial charge in [-0.1, -0.05) is 24.3 Å². The number of carbonyl (C=O) groups is 1. The molecule has 1 atom stereocenters. The maximum Gasteiger partial charge on any atom is 0.252 e. The Labute approximate surface area is 158 Å². The molecular formula is C22H24N4O. The van der Waals surface area contributed by atoms with Gasteiger partial charge in [0.05, 0.1) is 22.7 Å². The van der Waals surface area contributed by atoms with E-state index in [1.807, 2.05) is 20.0 Å². The predicted molar refractivity (Wildman–Crippen MR) is 105 cm³/mol. The number of rotatable bonds is 3. The number of hydrogen-bond donors (Lipinski definition) is 1. The standard InChI is InChI=1S/C22H24N4O/c1-13-20-17(12-19(15-10-11-15)23-21(20)26(2)25-13)22(27)24-18-9-5-7-14-6-3-4-8-16(14)18/h3-4,6,8,12,15,18H,5,7,9-11H2,1-2H3,(H,24,27). The molecule has 1 aromatic carbocycles. The van der Waals surface area contributed by atoms with E-state index in [4.69, 9.17) is 4.98 Å². The SMILES string of the molecule is Cc1nn(C)c2nc(C3CC3)cc(C(=O)NC3CCCc4ccccc43)c12. The first-order chi connectivity index (χ1) is 13.1. The Balaban J connectivity index is 1.55. The highest BCUT2D eigenvalue weighted by atomic mass is 16.1. The number of pyridine rings is 1. The third-order valence-electron chi connectivity index (χ3n) is 5.90. The lowest BCUT2D eigenvalue weighted by Gasteiger charge is -2.26. The molecule has 1 unspecified atom stereocenters. The van der Waals surface area contributed by atoms with E-state index in [-0.39, 0.29) is 11.9 Å². The average Bonchev–Trinajstić information content (AvgIpc) is 3.48. The normalized spacial score (nSPS) is 19.1. The minimum Gasteiger partial charge on any atom is -0.345 e. The molecule has 2 aromatic heterocycles. The van der Waals surface area contributed by atoms with Crippen LogP contribution in [0.2, 0.25) is 0 Å². The molecular weight excluding hydrogens is 336 g/mol. The maximum absolute atomic E-state index is 13.3. The average molecular weight is 360 g/mol. The third-order valence-corrected chi connectivity index (χ3v) is 5.90. The summed E-state index contributed by atoms with van der Waals surface area (Å²) in [7, 11) is 1.90. The van der Waals surface area contributed by atoms with Gasteiger partial charge in [-0.2, -0.15) is 5.10 Å². The molecule has 3 aromatic rings. The minimum absolute atomic E-state index is 0.0119. The molecule has 138 valence electrons. The number of carbonyl (C=O) groups excluding carboxylic acids is 1. The van der Waals surface area contributed by atoms with Crippen LogP contribution in [0.4, 0.5) is 0 Å². The summed E-state index contributed by atoms with van der Waals surface area (Å²) in [5.74, 6) is 0.480. The van der Waals surface area contributed by atoms with Crippen LogP contribution in [0.5, 0.6) is 0 Å². The first-order valence-electron chi connectivity index (χ1n) is 9.84. The van der Waals surface area contributed by atoms with E-state index < -0.39 is 0 Å². The third kappa shape index (κ3) is 2.82. The summed E-state index contributed by atoms with van der Waals surface area (Å²) < 4.78 is 1.79. The smallest absolute Gasteiger partial charge is 0.252 e. The number of benzene rings is 1. The fraction of sp³-hybridized carbons (Fsp3) is 0.409. The molecule has 0 radical (unpaired) electrons. The number of fused-ring (bicyclic) bond motifs is 2. The van der Waals surface area contributed by atoms with Crippen molar-refractivity contribution < 1.29 is 4.79 Å². The lowest BCUT2D eigenvalue weighted by Crippen LogP contribution is -2.31. The highest BCUT2D eigenvalue weighted by Gasteiger charge is 2.29. The fourth-order valence-electron chi connectivity index (χ4n) is 4.37. The molecule has 0 spiro atoms. The summed E-state index contributed by atoms with van der Waals surface area (Å²) in [6, 6.07) is 10.5. The van der Waals surface area contributed by atoms with Crippen LogP contribution >= 0.6 is 0 Å². The van der Waals surface area contributed by atoms with Crippen LogP contribution in [-0.2, 0) is 13.5 Å². The molecule has 0 bridgehead atoms. The highest BCUT2D eigenvalue weighted by Crippen LogP contribution is 2.40. The molecule has 2 aliphatic rings. The van der Waals surface area contributed by atoms with Gasteiger partial charge in [0, 0.05) is 18.7 Å². The van der Waals surface area contributed by atoms with Crippen molar-refractivity contribution in [2.75, 3.05) is 0 Å². The monoisotopic (exact) mass is 360 g/mol. The second kappa shape index (κ2) is 6.19. The van der Waals surface area contributed by atoms with Gasteiger partial charge in [0.15, 0.2) is 5.65 Å². The number of nitrogens with zero attached hydrogens (tertiary/aromatic N) is 3. The molecule has 1 fully saturated rings. The van der Waals surface area contributed by atoms with Crippen molar-refractivity contribution in [3.63, 3.8) is 0 Å². The number of aryl methyl sites for hydroxylation is 3. The molecule has 2 heterocycles. The molecule has 5 heteroatoms. The van der Waals surface area contributed by atoms with Crippen LogP contribution in [0.25, 0.3) is 11.0 Å². The Morgan fingerprint density at radius 3 is 2.85 bits per heavy atom. The lowest BCUT2D eigenvalue weighted by molar-refractivity contribution is 0.0934. The second-order valence-electron chi connectivity index (χ2n) is 7.89. The Kier molecular flexibility index (Phi) is 3.78. The van der Waals surface area contributed by atoms with Gasteiger partial charge in [-0.3, -0.25) is 9.48 Å². The van der Waals surface area contributed by atoms with Gasteiger partial charge in [-0.05, 0) is 56.2 Å². The quantitative estimate of drug-likeness (QED) is 0.769. The predicted octanol–water partition coefficient (Wildman–Crippen LogP) is 3.96. The molecule has 1 saturated carbocycles. The highest BCUT2D eigenvalue weighted by molar-refractivity contribution is 6.06. The van der Waals surface area contributed by atoms with Crippen LogP contribution in [0.1, 0.15) is 70.5 Å². The van der Waals surface area contributed by atoms with Crippen molar-refractivity contribution in [3.05, 3.63) is 58.4 Å². The number of aromatic nitrogens is 3. The molecule has 0 saturated heterocycles. The van der Waals surface area contributed by atoms with E-state index in [0.29, 0.717) is 5.92 Å². The Morgan fingerprint density at radius 1 is 1.22 bits per heavy atom. The Bertz CT molecular complexity index is 1050. The van der Waals surface area contributed by atoms with Crippen LogP contribution in [0, 0.1) is 6.92 Å². The fourth-order valence-corrected chi connectivity index (χ4v) is 4.37. The summed E-state index contributed by atoms with van der Waals surface area (Å²) in [4.78, 5) is 18.1. The van der Waals surface area contributed by atoms with Crippen molar-refractivity contribution in [2.24, 2.45) is 7.05 Å². The molecule has 27 heavy (non-hydrogen) atoms. The van der Waals surface area contributed by atoms with Crippen molar-refractivity contribution in [3.8, 4) is 0 Å². The largest absolute Gasteiger partial charge is 0.345 e. The summed E-state index contributed by atoms with van der Waals surface area (Å²) in [5.41, 5.74) is 6.02. The van der Waals surface area contributed by atoms with E-state index in [0.717, 1.165) is 60.1 Å². The molecule has 1 amide bonds. The van der Waals surface area contributed by atoms with E-state index in [2.05, 4.69) is 34.7 Å². The van der Waals surface area contributed by atoms with Gasteiger partial charge in [-0.15, -0.1) is 0 Å². The summed E-state index contributed by atoms with van der Waals surface area (Å²) in [6.45, 7) is 1.95. The molecule has 1 N–H and O–H groups in total. The zero-order valence-electron chi connectivity index (χ0n) is 15.8. The first-order valence-corrected chi connectivity index (χ1v) is 9.84. The maximum atomic E-state index is 13.3. The van der Waals surface area contributed by atoms with Crippen LogP contribution in [0.15, 0.2) is 30.3 Å². The Morgan fingerprint density at radius 2 is 2.04 bits per heavy atom. The summed E-state index contributed by atoms with van der Waals surface area (Å²) in [5, 5.41) is 8.69. The molecule has 5 nitrogen and oxygen atoms in total. The van der Waals surface area contributed by atoms with E-state index >= 15 is 0 Å². The molecule has 0 aliphatic heterocycles. The molecule has 2 aliphatic carbocycles. The second-order valence-corrected chi connectivity index (χ2v) is 7.89. The minimum atomic E-state index is -0.0119. The van der Waals surface area contributed by atoms with Gasteiger partial charge in [-0.25, -0.2) is 4.98 Å². The number of hydrogen-bond acceptors (Lipinski definition) is 3. The van der Waals surface area contributed by atoms with E-state index in [9.17, 15) is 4.79 Å². The van der Waals surface area contributed by atoms with Crippen LogP contribution in [0.3, 0.4) is 0 Å². The van der Waals surface area contributed by atoms with Crippen molar-refractivity contribution >= 4 is 16.9 Å². The van der Waals surface area contributed by atoms with E-state index in [1.54, 1.807) is 4.68 Å². The van der Waals surface area contributed by atoms with Crippen molar-refractivity contribution in [1.82, 2.24) is 20.1 Å². The van der Waals surface area contributed by atoms with Gasteiger partial charge in [0.25, 0.3) is 5.91 Å². The first kappa shape index (κ1) is 16.5. The van der Waals surface area contributed by atoms with Crippen LogP contribution < -0.4 is 5.32 Å². The van der Waals surface area contributed by atoms with Crippen molar-refractivity contribution in [1.29, 1.82) is 0 Å². The molecule has 5 rings (SSSR count). The zero-order valence-corrected chi connectivity index (χ0v) is 15.8. The lowest BCUT2D eigenvalue weighted by atomic mass is 9.87. The van der Waals surface area contributed by atoms with Gasteiger partial charge in [0.2, 0.25) is 0 Å². The van der Waals surface area contributed by atoms with Gasteiger partial charge < -0.3 is 5.32 Å². The van der Waals surface area contributed by atoms with Crippen molar-refractivity contribution in [2.45, 2.75) is 51.0 Å². The van der Waals surface area contributed by atoms with Gasteiger partial charge >= 0.3 is 0 Å². The number of nitrogens with one attached hydrogen (secondary N) is 1. The van der Waals surface area contributed by atoms with Gasteiger partial charge in [0.1, 0.15) is 0 Å². The summed E-state index contributed by atoms with van der Waals surface area (Å²) >= 11 is 0. The number of amides is 1. The summed E-state index contributed by atoms with van der Waals surface area (Å²) in [6.07, 6.45) is 5.50. The topological polar surface area (TPSA) is 59.8 Å². The zero-order chi connectivity index (χ0) is 18.5. The van der Waals surface area contributed by atoms with E-state index in [1.165, 1.54) is 11.1 Å². The van der Waals surface area contributed by atoms with Crippen LogP contribution in [-0.4, -0.2) is 20.7 Å². The Hall–Kier alpha value is -2.69.